The Morgan fingerprint density at radius 3 is 2.69 bits per heavy atom. The molecular formula is C19H17N3O3S. The quantitative estimate of drug-likeness (QED) is 0.811. The molecule has 0 radical (unpaired) electrons. The van der Waals surface area contributed by atoms with Gasteiger partial charge in [0.25, 0.3) is 0 Å². The van der Waals surface area contributed by atoms with Crippen molar-refractivity contribution in [1.82, 2.24) is 4.31 Å². The van der Waals surface area contributed by atoms with Crippen molar-refractivity contribution in [3.05, 3.63) is 59.7 Å². The van der Waals surface area contributed by atoms with Gasteiger partial charge in [0.2, 0.25) is 15.9 Å². The molecule has 1 amide bonds. The predicted molar refractivity (Wildman–Crippen MR) is 96.1 cm³/mol. The Morgan fingerprint density at radius 2 is 1.92 bits per heavy atom. The van der Waals surface area contributed by atoms with E-state index < -0.39 is 15.4 Å². The summed E-state index contributed by atoms with van der Waals surface area (Å²) in [7, 11) is -2.04. The fourth-order valence-corrected chi connectivity index (χ4v) is 5.51. The average molecular weight is 367 g/mol. The second-order valence-electron chi connectivity index (χ2n) is 6.69. The molecule has 2 aromatic carbocycles. The number of sulfonamides is 1. The SMILES string of the molecule is CN1C(=O)C2(CCN(S(=O)(=O)c3cccc(C#N)c3)C2)c2ccccc21. The average Bonchev–Trinajstić information content (AvgIpc) is 3.21. The summed E-state index contributed by atoms with van der Waals surface area (Å²) in [6, 6.07) is 15.5. The molecule has 6 nitrogen and oxygen atoms in total. The number of hydrogen-bond acceptors (Lipinski definition) is 4. The monoisotopic (exact) mass is 367 g/mol. The van der Waals surface area contributed by atoms with E-state index in [0.29, 0.717) is 12.0 Å². The van der Waals surface area contributed by atoms with Gasteiger partial charge in [-0.05, 0) is 36.2 Å². The lowest BCUT2D eigenvalue weighted by Gasteiger charge is -2.23. The number of nitriles is 1. The van der Waals surface area contributed by atoms with E-state index in [-0.39, 0.29) is 23.9 Å². The third-order valence-electron chi connectivity index (χ3n) is 5.33. The molecule has 0 bridgehead atoms. The van der Waals surface area contributed by atoms with Crippen molar-refractivity contribution in [2.24, 2.45) is 0 Å². The van der Waals surface area contributed by atoms with Crippen molar-refractivity contribution in [3.63, 3.8) is 0 Å². The van der Waals surface area contributed by atoms with Gasteiger partial charge in [-0.25, -0.2) is 8.42 Å². The molecule has 4 rings (SSSR count). The highest BCUT2D eigenvalue weighted by Gasteiger charge is 2.55. The van der Waals surface area contributed by atoms with Crippen molar-refractivity contribution < 1.29 is 13.2 Å². The molecule has 1 saturated heterocycles. The number of hydrogen-bond donors (Lipinski definition) is 0. The van der Waals surface area contributed by atoms with Crippen molar-refractivity contribution in [2.75, 3.05) is 25.0 Å². The maximum atomic E-state index is 13.0. The number of benzene rings is 2. The van der Waals surface area contributed by atoms with Crippen LogP contribution >= 0.6 is 0 Å². The number of fused-ring (bicyclic) bond motifs is 2. The Bertz CT molecular complexity index is 1060. The first kappa shape index (κ1) is 16.8. The summed E-state index contributed by atoms with van der Waals surface area (Å²) in [5.41, 5.74) is 1.19. The molecule has 26 heavy (non-hydrogen) atoms. The van der Waals surface area contributed by atoms with Crippen LogP contribution in [0.25, 0.3) is 0 Å². The first-order valence-electron chi connectivity index (χ1n) is 8.28. The number of carbonyl (C=O) groups is 1. The van der Waals surface area contributed by atoms with Crippen LogP contribution < -0.4 is 4.90 Å². The van der Waals surface area contributed by atoms with E-state index >= 15 is 0 Å². The second kappa shape index (κ2) is 5.66. The fourth-order valence-electron chi connectivity index (χ4n) is 3.97. The van der Waals surface area contributed by atoms with E-state index in [1.54, 1.807) is 24.1 Å². The van der Waals surface area contributed by atoms with Crippen LogP contribution in [0, 0.1) is 11.3 Å². The molecule has 0 N–H and O–H groups in total. The number of nitrogens with zero attached hydrogens (tertiary/aromatic N) is 3. The Kier molecular flexibility index (Phi) is 3.65. The van der Waals surface area contributed by atoms with E-state index in [1.807, 2.05) is 30.3 Å². The minimum atomic E-state index is -3.77. The molecule has 7 heteroatoms. The smallest absolute Gasteiger partial charge is 0.243 e. The molecule has 2 heterocycles. The number of carbonyl (C=O) groups excluding carboxylic acids is 1. The van der Waals surface area contributed by atoms with Gasteiger partial charge < -0.3 is 4.90 Å². The van der Waals surface area contributed by atoms with Gasteiger partial charge >= 0.3 is 0 Å². The van der Waals surface area contributed by atoms with E-state index in [4.69, 9.17) is 5.26 Å². The summed E-state index contributed by atoms with van der Waals surface area (Å²) in [5.74, 6) is -0.0674. The van der Waals surface area contributed by atoms with Gasteiger partial charge in [0, 0.05) is 25.8 Å². The number of rotatable bonds is 2. The van der Waals surface area contributed by atoms with Crippen molar-refractivity contribution in [1.29, 1.82) is 5.26 Å². The Balaban J connectivity index is 1.73. The highest BCUT2D eigenvalue weighted by atomic mass is 32.2. The minimum Gasteiger partial charge on any atom is -0.314 e. The summed E-state index contributed by atoms with van der Waals surface area (Å²) >= 11 is 0. The Morgan fingerprint density at radius 1 is 1.15 bits per heavy atom. The van der Waals surface area contributed by atoms with Crippen LogP contribution in [0.2, 0.25) is 0 Å². The van der Waals surface area contributed by atoms with E-state index in [2.05, 4.69) is 0 Å². The van der Waals surface area contributed by atoms with Gasteiger partial charge in [-0.2, -0.15) is 9.57 Å². The lowest BCUT2D eigenvalue weighted by Crippen LogP contribution is -2.42. The maximum Gasteiger partial charge on any atom is 0.243 e. The molecule has 0 aliphatic carbocycles. The number of para-hydroxylation sites is 1. The number of likely N-dealkylation sites (N-methyl/N-ethyl adjacent to an activating group) is 1. The summed E-state index contributed by atoms with van der Waals surface area (Å²) in [6.45, 7) is 0.388. The number of amides is 1. The molecule has 2 aliphatic rings. The largest absolute Gasteiger partial charge is 0.314 e. The predicted octanol–water partition coefficient (Wildman–Crippen LogP) is 1.87. The third-order valence-corrected chi connectivity index (χ3v) is 7.17. The molecule has 1 atom stereocenters. The molecule has 1 unspecified atom stereocenters. The second-order valence-corrected chi connectivity index (χ2v) is 8.63. The zero-order chi connectivity index (χ0) is 18.5. The molecule has 0 aromatic heterocycles. The van der Waals surface area contributed by atoms with E-state index in [9.17, 15) is 13.2 Å². The van der Waals surface area contributed by atoms with Gasteiger partial charge in [-0.1, -0.05) is 24.3 Å². The van der Waals surface area contributed by atoms with Crippen LogP contribution in [0.3, 0.4) is 0 Å². The van der Waals surface area contributed by atoms with Gasteiger partial charge in [0.05, 0.1) is 21.9 Å². The van der Waals surface area contributed by atoms with Crippen molar-refractivity contribution in [3.8, 4) is 6.07 Å². The van der Waals surface area contributed by atoms with Crippen LogP contribution in [0.1, 0.15) is 17.5 Å². The normalized spacial score (nSPS) is 22.6. The molecule has 2 aliphatic heterocycles. The number of anilines is 1. The zero-order valence-corrected chi connectivity index (χ0v) is 15.0. The van der Waals surface area contributed by atoms with Crippen LogP contribution in [0.5, 0.6) is 0 Å². The first-order valence-corrected chi connectivity index (χ1v) is 9.72. The summed E-state index contributed by atoms with van der Waals surface area (Å²) in [4.78, 5) is 14.7. The zero-order valence-electron chi connectivity index (χ0n) is 14.2. The highest BCUT2D eigenvalue weighted by molar-refractivity contribution is 7.89. The Hall–Kier alpha value is -2.69. The third kappa shape index (κ3) is 2.19. The van der Waals surface area contributed by atoms with Gasteiger partial charge in [0.15, 0.2) is 0 Å². The molecule has 1 fully saturated rings. The molecular weight excluding hydrogens is 350 g/mol. The molecule has 0 saturated carbocycles. The summed E-state index contributed by atoms with van der Waals surface area (Å²) < 4.78 is 27.4. The van der Waals surface area contributed by atoms with Crippen LogP contribution in [0.4, 0.5) is 5.69 Å². The molecule has 2 aromatic rings. The fraction of sp³-hybridized carbons (Fsp3) is 0.263. The first-order chi connectivity index (χ1) is 12.4. The van der Waals surface area contributed by atoms with Crippen molar-refractivity contribution in [2.45, 2.75) is 16.7 Å². The maximum absolute atomic E-state index is 13.0. The molecule has 1 spiro atoms. The van der Waals surface area contributed by atoms with Crippen LogP contribution in [-0.4, -0.2) is 38.8 Å². The topological polar surface area (TPSA) is 81.5 Å². The van der Waals surface area contributed by atoms with E-state index in [0.717, 1.165) is 11.3 Å². The van der Waals surface area contributed by atoms with Crippen molar-refractivity contribution >= 4 is 21.6 Å². The van der Waals surface area contributed by atoms with E-state index in [1.165, 1.54) is 16.4 Å². The lowest BCUT2D eigenvalue weighted by atomic mass is 9.81. The standard InChI is InChI=1S/C19H17N3O3S/c1-21-17-8-3-2-7-16(17)19(18(21)23)9-10-22(13-19)26(24,25)15-6-4-5-14(11-15)12-20/h2-8,11H,9-10,13H2,1H3. The molecule has 132 valence electrons. The summed E-state index contributed by atoms with van der Waals surface area (Å²) in [5, 5.41) is 9.03. The van der Waals surface area contributed by atoms with Gasteiger partial charge in [-0.3, -0.25) is 4.79 Å². The summed E-state index contributed by atoms with van der Waals surface area (Å²) in [6.07, 6.45) is 0.449. The van der Waals surface area contributed by atoms with Gasteiger partial charge in [0.1, 0.15) is 0 Å². The van der Waals surface area contributed by atoms with Crippen LogP contribution in [-0.2, 0) is 20.2 Å². The van der Waals surface area contributed by atoms with Gasteiger partial charge in [-0.15, -0.1) is 0 Å². The highest BCUT2D eigenvalue weighted by Crippen LogP contribution is 2.47. The van der Waals surface area contributed by atoms with Crippen LogP contribution in [0.15, 0.2) is 53.4 Å². The lowest BCUT2D eigenvalue weighted by molar-refractivity contribution is -0.122. The Labute approximate surface area is 152 Å². The minimum absolute atomic E-state index is 0.0674.